The zero-order chi connectivity index (χ0) is 21.3. The van der Waals surface area contributed by atoms with Gasteiger partial charge in [0, 0.05) is 32.3 Å². The smallest absolute Gasteiger partial charge is 0.303 e. The largest absolute Gasteiger partial charge is 0.481 e. The number of carboxylic acid groups (broad SMARTS) is 2. The quantitative estimate of drug-likeness (QED) is 0.126. The molecule has 0 bridgehead atoms. The topological polar surface area (TPSA) is 74.6 Å². The molecule has 0 aromatic heterocycles. The number of hydrogen-bond donors (Lipinski definition) is 2. The fourth-order valence-electron chi connectivity index (χ4n) is 2.62. The Morgan fingerprint density at radius 1 is 0.552 bits per heavy atom. The fraction of sp³-hybridized carbons (Fsp3) is 0.750. The first-order valence-electron chi connectivity index (χ1n) is 11.3. The van der Waals surface area contributed by atoms with E-state index in [1.807, 2.05) is 12.2 Å². The van der Waals surface area contributed by atoms with Crippen LogP contribution in [-0.4, -0.2) is 22.2 Å². The predicted octanol–water partition coefficient (Wildman–Crippen LogP) is 7.53. The molecule has 4 nitrogen and oxygen atoms in total. The number of hydrogen-bond acceptors (Lipinski definition) is 2. The normalized spacial score (nSPS) is 10.6. The van der Waals surface area contributed by atoms with Gasteiger partial charge in [-0.1, -0.05) is 89.5 Å². The van der Waals surface area contributed by atoms with Gasteiger partial charge in [0.15, 0.2) is 0 Å². The first-order valence-corrected chi connectivity index (χ1v) is 11.3. The van der Waals surface area contributed by atoms with Gasteiger partial charge in [-0.2, -0.15) is 0 Å². The molecule has 0 aliphatic rings. The maximum absolute atomic E-state index is 10.2. The third-order valence-corrected chi connectivity index (χ3v) is 4.33. The van der Waals surface area contributed by atoms with Crippen LogP contribution < -0.4 is 0 Å². The number of carbonyl (C=O) groups is 2. The number of carboxylic acids is 2. The van der Waals surface area contributed by atoms with Gasteiger partial charge in [0.2, 0.25) is 0 Å². The molecular weight excluding hydrogens is 418 g/mol. The number of allylic oxidation sites excluding steroid dienone is 4. The van der Waals surface area contributed by atoms with Gasteiger partial charge in [0.05, 0.1) is 0 Å². The predicted molar refractivity (Wildman–Crippen MR) is 119 cm³/mol. The summed E-state index contributed by atoms with van der Waals surface area (Å²) < 4.78 is 0. The Hall–Kier alpha value is -0.957. The van der Waals surface area contributed by atoms with E-state index in [4.69, 9.17) is 10.2 Å². The summed E-state index contributed by atoms with van der Waals surface area (Å²) >= 11 is 0. The Morgan fingerprint density at radius 2 is 0.862 bits per heavy atom. The molecular formula is C24H44O4Zn. The Labute approximate surface area is 192 Å². The molecule has 0 amide bonds. The Balaban J connectivity index is -0.000000451. The summed E-state index contributed by atoms with van der Waals surface area (Å²) in [7, 11) is 0. The second-order valence-corrected chi connectivity index (χ2v) is 7.21. The average Bonchev–Trinajstić information content (AvgIpc) is 2.65. The standard InChI is InChI=1S/2C12H22O2.Zn/c2*1-2-3-4-5-6-7-8-9-10-11-12(13)14;/h2*8-9H,2-7,10-11H2,1H3,(H,13,14);. The summed E-state index contributed by atoms with van der Waals surface area (Å²) in [5.74, 6) is -1.42. The van der Waals surface area contributed by atoms with E-state index in [1.165, 1.54) is 64.2 Å². The SMILES string of the molecule is CCCCCCCC=CCCC(=O)O.CCCCCCCC=CCCC(=O)O.[Zn]. The van der Waals surface area contributed by atoms with Crippen LogP contribution in [0.5, 0.6) is 0 Å². The van der Waals surface area contributed by atoms with Gasteiger partial charge in [-0.05, 0) is 38.5 Å². The van der Waals surface area contributed by atoms with Crippen molar-refractivity contribution in [3.8, 4) is 0 Å². The molecule has 0 spiro atoms. The molecule has 0 radical (unpaired) electrons. The van der Waals surface area contributed by atoms with E-state index in [0.29, 0.717) is 12.8 Å². The summed E-state index contributed by atoms with van der Waals surface area (Å²) in [5.41, 5.74) is 0. The number of aliphatic carboxylic acids is 2. The summed E-state index contributed by atoms with van der Waals surface area (Å²) in [4.78, 5) is 20.3. The van der Waals surface area contributed by atoms with Crippen LogP contribution in [0.3, 0.4) is 0 Å². The van der Waals surface area contributed by atoms with Crippen molar-refractivity contribution in [1.82, 2.24) is 0 Å². The molecule has 0 fully saturated rings. The molecule has 0 aromatic rings. The molecule has 0 saturated carbocycles. The van der Waals surface area contributed by atoms with Gasteiger partial charge in [-0.25, -0.2) is 0 Å². The third-order valence-electron chi connectivity index (χ3n) is 4.33. The van der Waals surface area contributed by atoms with Crippen LogP contribution in [-0.2, 0) is 29.1 Å². The molecule has 0 aliphatic carbocycles. The van der Waals surface area contributed by atoms with Gasteiger partial charge in [-0.15, -0.1) is 0 Å². The number of unbranched alkanes of at least 4 members (excludes halogenated alkanes) is 10. The van der Waals surface area contributed by atoms with Crippen molar-refractivity contribution >= 4 is 11.9 Å². The second kappa shape index (κ2) is 29.2. The van der Waals surface area contributed by atoms with E-state index < -0.39 is 11.9 Å². The average molecular weight is 462 g/mol. The molecule has 0 saturated heterocycles. The van der Waals surface area contributed by atoms with Gasteiger partial charge in [0.1, 0.15) is 0 Å². The van der Waals surface area contributed by atoms with E-state index >= 15 is 0 Å². The first kappa shape index (κ1) is 32.7. The molecule has 5 heteroatoms. The molecule has 2 N–H and O–H groups in total. The number of rotatable bonds is 18. The van der Waals surface area contributed by atoms with Crippen LogP contribution in [0.2, 0.25) is 0 Å². The summed E-state index contributed by atoms with van der Waals surface area (Å²) in [5, 5.41) is 16.8. The first-order chi connectivity index (χ1) is 13.5. The van der Waals surface area contributed by atoms with Crippen LogP contribution in [0.25, 0.3) is 0 Å². The summed E-state index contributed by atoms with van der Waals surface area (Å²) in [6.45, 7) is 4.43. The van der Waals surface area contributed by atoms with Crippen molar-refractivity contribution in [2.75, 3.05) is 0 Å². The van der Waals surface area contributed by atoms with E-state index in [2.05, 4.69) is 26.0 Å². The van der Waals surface area contributed by atoms with Gasteiger partial charge < -0.3 is 10.2 Å². The Bertz CT molecular complexity index is 368. The molecule has 0 unspecified atom stereocenters. The van der Waals surface area contributed by atoms with E-state index in [1.54, 1.807) is 0 Å². The van der Waals surface area contributed by atoms with Crippen molar-refractivity contribution in [3.05, 3.63) is 24.3 Å². The zero-order valence-electron chi connectivity index (χ0n) is 19.0. The maximum atomic E-state index is 10.2. The summed E-state index contributed by atoms with van der Waals surface area (Å²) in [6.07, 6.45) is 25.2. The van der Waals surface area contributed by atoms with Crippen molar-refractivity contribution in [2.45, 2.75) is 117 Å². The fourth-order valence-corrected chi connectivity index (χ4v) is 2.62. The van der Waals surface area contributed by atoms with E-state index in [0.717, 1.165) is 12.8 Å². The minimum Gasteiger partial charge on any atom is -0.481 e. The molecule has 0 rings (SSSR count). The monoisotopic (exact) mass is 460 g/mol. The third kappa shape index (κ3) is 38.3. The summed E-state index contributed by atoms with van der Waals surface area (Å²) in [6, 6.07) is 0. The molecule has 29 heavy (non-hydrogen) atoms. The van der Waals surface area contributed by atoms with Crippen molar-refractivity contribution in [1.29, 1.82) is 0 Å². The zero-order valence-corrected chi connectivity index (χ0v) is 22.0. The van der Waals surface area contributed by atoms with Crippen molar-refractivity contribution in [2.24, 2.45) is 0 Å². The molecule has 0 aliphatic heterocycles. The van der Waals surface area contributed by atoms with Crippen molar-refractivity contribution in [3.63, 3.8) is 0 Å². The van der Waals surface area contributed by atoms with Crippen molar-refractivity contribution < 1.29 is 39.3 Å². The van der Waals surface area contributed by atoms with Gasteiger partial charge in [-0.3, -0.25) is 9.59 Å². The van der Waals surface area contributed by atoms with Crippen LogP contribution in [0, 0.1) is 0 Å². The molecule has 0 aromatic carbocycles. The van der Waals surface area contributed by atoms with E-state index in [9.17, 15) is 9.59 Å². The molecule has 0 atom stereocenters. The second-order valence-electron chi connectivity index (χ2n) is 7.21. The van der Waals surface area contributed by atoms with Crippen LogP contribution in [0.4, 0.5) is 0 Å². The minimum atomic E-state index is -0.711. The van der Waals surface area contributed by atoms with Crippen LogP contribution >= 0.6 is 0 Å². The van der Waals surface area contributed by atoms with Crippen LogP contribution in [0.1, 0.15) is 117 Å². The molecule has 166 valence electrons. The van der Waals surface area contributed by atoms with Gasteiger partial charge >= 0.3 is 11.9 Å². The van der Waals surface area contributed by atoms with E-state index in [-0.39, 0.29) is 32.3 Å². The van der Waals surface area contributed by atoms with Gasteiger partial charge in [0.25, 0.3) is 0 Å². The Morgan fingerprint density at radius 3 is 1.17 bits per heavy atom. The minimum absolute atomic E-state index is 0. The Kier molecular flexibility index (Phi) is 33.0. The molecule has 0 heterocycles. The van der Waals surface area contributed by atoms with Crippen LogP contribution in [0.15, 0.2) is 24.3 Å². The maximum Gasteiger partial charge on any atom is 0.303 e.